The van der Waals surface area contributed by atoms with Crippen LogP contribution in [0.5, 0.6) is 5.75 Å². The summed E-state index contributed by atoms with van der Waals surface area (Å²) in [6, 6.07) is 10.8. The molecule has 3 rings (SSSR count). The molecule has 1 heterocycles. The number of amides is 4. The number of carbonyl (C=O) groups excluding carboxylic acids is 4. The lowest BCUT2D eigenvalue weighted by atomic mass is 10.1. The van der Waals surface area contributed by atoms with Crippen LogP contribution in [0.1, 0.15) is 15.9 Å². The fraction of sp³-hybridized carbons (Fsp3) is 0.0526. The fourth-order valence-corrected chi connectivity index (χ4v) is 2.52. The van der Waals surface area contributed by atoms with Gasteiger partial charge in [-0.3, -0.25) is 14.9 Å². The topological polar surface area (TPSA) is 116 Å². The molecule has 0 unspecified atom stereocenters. The summed E-state index contributed by atoms with van der Waals surface area (Å²) in [7, 11) is 1.45. The molecule has 0 radical (unpaired) electrons. The zero-order chi connectivity index (χ0) is 19.6. The highest BCUT2D eigenvalue weighted by molar-refractivity contribution is 6.39. The molecule has 4 amide bonds. The largest absolute Gasteiger partial charge is 0.545 e. The van der Waals surface area contributed by atoms with Gasteiger partial charge in [-0.15, -0.1) is 0 Å². The highest BCUT2D eigenvalue weighted by Gasteiger charge is 2.36. The molecule has 0 spiro atoms. The molecule has 0 bridgehead atoms. The molecular formula is C19H13N2O6-. The number of carboxylic acids is 1. The van der Waals surface area contributed by atoms with Gasteiger partial charge in [0, 0.05) is 6.07 Å². The number of rotatable bonds is 4. The van der Waals surface area contributed by atoms with Crippen LogP contribution in [-0.2, 0) is 9.59 Å². The maximum Gasteiger partial charge on any atom is 0.335 e. The summed E-state index contributed by atoms with van der Waals surface area (Å²) < 4.78 is 5.09. The van der Waals surface area contributed by atoms with E-state index >= 15 is 0 Å². The highest BCUT2D eigenvalue weighted by Crippen LogP contribution is 2.25. The lowest BCUT2D eigenvalue weighted by Gasteiger charge is -2.26. The van der Waals surface area contributed by atoms with Gasteiger partial charge < -0.3 is 14.6 Å². The summed E-state index contributed by atoms with van der Waals surface area (Å²) in [6.07, 6.45) is 1.27. The molecule has 8 nitrogen and oxygen atoms in total. The normalized spacial score (nSPS) is 15.7. The Bertz CT molecular complexity index is 978. The molecular weight excluding hydrogens is 352 g/mol. The SMILES string of the molecule is COc1cccc(N2C(=O)NC(=O)/C(=C\c3ccc(C(=O)[O-])cc3)C2=O)c1. The van der Waals surface area contributed by atoms with Crippen LogP contribution in [0.3, 0.4) is 0 Å². The molecule has 2 aromatic rings. The number of aromatic carboxylic acids is 1. The second-order valence-corrected chi connectivity index (χ2v) is 5.57. The first kappa shape index (κ1) is 17.9. The maximum atomic E-state index is 12.8. The number of hydrogen-bond acceptors (Lipinski definition) is 6. The average molecular weight is 365 g/mol. The zero-order valence-corrected chi connectivity index (χ0v) is 14.1. The van der Waals surface area contributed by atoms with Crippen LogP contribution in [0.4, 0.5) is 10.5 Å². The van der Waals surface area contributed by atoms with E-state index in [9.17, 15) is 24.3 Å². The molecule has 0 atom stereocenters. The number of imide groups is 2. The monoisotopic (exact) mass is 365 g/mol. The minimum atomic E-state index is -1.34. The van der Waals surface area contributed by atoms with Crippen LogP contribution in [-0.4, -0.2) is 30.9 Å². The third-order valence-corrected chi connectivity index (χ3v) is 3.87. The van der Waals surface area contributed by atoms with Crippen LogP contribution < -0.4 is 20.1 Å². The van der Waals surface area contributed by atoms with Crippen LogP contribution in [0, 0.1) is 0 Å². The molecule has 0 saturated carbocycles. The molecule has 8 heteroatoms. The molecule has 2 aromatic carbocycles. The van der Waals surface area contributed by atoms with E-state index in [1.54, 1.807) is 12.1 Å². The second-order valence-electron chi connectivity index (χ2n) is 5.57. The molecule has 136 valence electrons. The van der Waals surface area contributed by atoms with Crippen LogP contribution >= 0.6 is 0 Å². The Morgan fingerprint density at radius 2 is 1.81 bits per heavy atom. The molecule has 1 saturated heterocycles. The predicted molar refractivity (Wildman–Crippen MR) is 92.8 cm³/mol. The Hall–Kier alpha value is -3.94. The van der Waals surface area contributed by atoms with E-state index in [0.717, 1.165) is 4.90 Å². The van der Waals surface area contributed by atoms with Gasteiger partial charge in [-0.05, 0) is 29.3 Å². The van der Waals surface area contributed by atoms with E-state index in [1.165, 1.54) is 49.6 Å². The van der Waals surface area contributed by atoms with Crippen LogP contribution in [0.15, 0.2) is 54.1 Å². The van der Waals surface area contributed by atoms with E-state index in [2.05, 4.69) is 5.32 Å². The van der Waals surface area contributed by atoms with Gasteiger partial charge in [0.25, 0.3) is 11.8 Å². The van der Waals surface area contributed by atoms with E-state index < -0.39 is 23.8 Å². The number of anilines is 1. The van der Waals surface area contributed by atoms with Crippen molar-refractivity contribution in [2.24, 2.45) is 0 Å². The average Bonchev–Trinajstić information content (AvgIpc) is 2.65. The van der Waals surface area contributed by atoms with Gasteiger partial charge in [-0.2, -0.15) is 0 Å². The van der Waals surface area contributed by atoms with Crippen molar-refractivity contribution in [3.8, 4) is 5.75 Å². The molecule has 0 aromatic heterocycles. The third kappa shape index (κ3) is 3.54. The number of urea groups is 1. The Labute approximate surface area is 153 Å². The van der Waals surface area contributed by atoms with E-state index in [-0.39, 0.29) is 16.8 Å². The van der Waals surface area contributed by atoms with Crippen molar-refractivity contribution in [2.45, 2.75) is 0 Å². The van der Waals surface area contributed by atoms with Crippen molar-refractivity contribution < 1.29 is 29.0 Å². The minimum Gasteiger partial charge on any atom is -0.545 e. The number of barbiturate groups is 1. The standard InChI is InChI=1S/C19H14N2O6/c1-27-14-4-2-3-13(10-14)21-17(23)15(16(22)20-19(21)26)9-11-5-7-12(8-6-11)18(24)25/h2-10H,1H3,(H,24,25)(H,20,22,26)/p-1/b15-9+. The minimum absolute atomic E-state index is 0.0373. The van der Waals surface area contributed by atoms with Gasteiger partial charge in [0.1, 0.15) is 11.3 Å². The first-order chi connectivity index (χ1) is 12.9. The summed E-state index contributed by atoms with van der Waals surface area (Å²) in [5.41, 5.74) is 0.351. The lowest BCUT2D eigenvalue weighted by molar-refractivity contribution is -0.255. The Balaban J connectivity index is 1.97. The number of carboxylic acid groups (broad SMARTS) is 1. The summed E-state index contributed by atoms with van der Waals surface area (Å²) in [4.78, 5) is 48.7. The number of nitrogens with zero attached hydrogens (tertiary/aromatic N) is 1. The van der Waals surface area contributed by atoms with Crippen molar-refractivity contribution in [3.05, 3.63) is 65.2 Å². The van der Waals surface area contributed by atoms with Gasteiger partial charge in [-0.25, -0.2) is 9.69 Å². The Morgan fingerprint density at radius 1 is 1.11 bits per heavy atom. The van der Waals surface area contributed by atoms with Crippen LogP contribution in [0.2, 0.25) is 0 Å². The second kappa shape index (κ2) is 7.12. The molecule has 0 aliphatic carbocycles. The first-order valence-electron chi connectivity index (χ1n) is 7.77. The number of ether oxygens (including phenoxy) is 1. The van der Waals surface area contributed by atoms with E-state index in [4.69, 9.17) is 4.74 Å². The molecule has 1 aliphatic heterocycles. The van der Waals surface area contributed by atoms with Gasteiger partial charge in [0.2, 0.25) is 0 Å². The zero-order valence-electron chi connectivity index (χ0n) is 14.1. The predicted octanol–water partition coefficient (Wildman–Crippen LogP) is 0.725. The Morgan fingerprint density at radius 3 is 2.44 bits per heavy atom. The smallest absolute Gasteiger partial charge is 0.335 e. The van der Waals surface area contributed by atoms with E-state index in [1.807, 2.05) is 0 Å². The van der Waals surface area contributed by atoms with Gasteiger partial charge in [0.15, 0.2) is 0 Å². The summed E-state index contributed by atoms with van der Waals surface area (Å²) >= 11 is 0. The van der Waals surface area contributed by atoms with Crippen molar-refractivity contribution in [1.29, 1.82) is 0 Å². The highest BCUT2D eigenvalue weighted by atomic mass is 16.5. The van der Waals surface area contributed by atoms with E-state index in [0.29, 0.717) is 11.3 Å². The third-order valence-electron chi connectivity index (χ3n) is 3.87. The van der Waals surface area contributed by atoms with Crippen molar-refractivity contribution in [2.75, 3.05) is 12.0 Å². The summed E-state index contributed by atoms with van der Waals surface area (Å²) in [6.45, 7) is 0. The van der Waals surface area contributed by atoms with Crippen molar-refractivity contribution >= 4 is 35.6 Å². The quantitative estimate of drug-likeness (QED) is 0.631. The molecule has 1 aliphatic rings. The molecule has 27 heavy (non-hydrogen) atoms. The number of benzene rings is 2. The van der Waals surface area contributed by atoms with Gasteiger partial charge >= 0.3 is 6.03 Å². The maximum absolute atomic E-state index is 12.8. The van der Waals surface area contributed by atoms with Gasteiger partial charge in [-0.1, -0.05) is 30.3 Å². The number of methoxy groups -OCH3 is 1. The van der Waals surface area contributed by atoms with Crippen molar-refractivity contribution in [3.63, 3.8) is 0 Å². The summed E-state index contributed by atoms with van der Waals surface area (Å²) in [5, 5.41) is 12.9. The lowest BCUT2D eigenvalue weighted by Crippen LogP contribution is -2.54. The number of carbonyl (C=O) groups is 4. The number of nitrogens with one attached hydrogen (secondary N) is 1. The van der Waals surface area contributed by atoms with Gasteiger partial charge in [0.05, 0.1) is 18.8 Å². The van der Waals surface area contributed by atoms with Crippen LogP contribution in [0.25, 0.3) is 6.08 Å². The first-order valence-corrected chi connectivity index (χ1v) is 7.77. The molecule has 1 fully saturated rings. The Kier molecular flexibility index (Phi) is 4.71. The molecule has 1 N–H and O–H groups in total. The summed E-state index contributed by atoms with van der Waals surface area (Å²) in [5.74, 6) is -2.54. The fourth-order valence-electron chi connectivity index (χ4n) is 2.52. The number of hydrogen-bond donors (Lipinski definition) is 1. The van der Waals surface area contributed by atoms with Crippen molar-refractivity contribution in [1.82, 2.24) is 5.32 Å².